The van der Waals surface area contributed by atoms with E-state index in [0.29, 0.717) is 0 Å². The number of aromatic nitrogens is 2. The molecule has 0 bridgehead atoms. The van der Waals surface area contributed by atoms with E-state index in [1.54, 1.807) is 12.3 Å². The van der Waals surface area contributed by atoms with E-state index in [2.05, 4.69) is 18.3 Å². The van der Waals surface area contributed by atoms with Gasteiger partial charge in [-0.3, -0.25) is 0 Å². The fraction of sp³-hybridized carbons (Fsp3) is 0. The first-order valence-electron chi connectivity index (χ1n) is 4.74. The highest BCUT2D eigenvalue weighted by Gasteiger charge is 1.97. The molecular formula is C13H12N2. The number of benzene rings is 1. The van der Waals surface area contributed by atoms with Crippen molar-refractivity contribution in [2.24, 2.45) is 0 Å². The Bertz CT molecular complexity index is 564. The Hall–Kier alpha value is -2.09. The molecule has 0 aliphatic rings. The van der Waals surface area contributed by atoms with Crippen LogP contribution in [0.2, 0.25) is 0 Å². The van der Waals surface area contributed by atoms with Crippen LogP contribution in [0.3, 0.4) is 0 Å². The summed E-state index contributed by atoms with van der Waals surface area (Å²) in [4.78, 5) is 0. The molecule has 74 valence electrons. The van der Waals surface area contributed by atoms with Crippen molar-refractivity contribution in [2.75, 3.05) is 0 Å². The molecule has 2 nitrogen and oxygen atoms in total. The van der Waals surface area contributed by atoms with Gasteiger partial charge in [-0.25, -0.2) is 4.68 Å². The maximum Gasteiger partial charge on any atom is 0.0669 e. The van der Waals surface area contributed by atoms with Crippen LogP contribution >= 0.6 is 0 Å². The van der Waals surface area contributed by atoms with E-state index >= 15 is 0 Å². The number of rotatable bonds is 2. The average molecular weight is 196 g/mol. The molecule has 0 N–H and O–H groups in total. The van der Waals surface area contributed by atoms with Gasteiger partial charge in [0.1, 0.15) is 0 Å². The molecule has 1 aromatic heterocycles. The summed E-state index contributed by atoms with van der Waals surface area (Å²) in [5.74, 6) is 0. The number of allylic oxidation sites excluding steroid dienone is 1. The Morgan fingerprint density at radius 3 is 2.60 bits per heavy atom. The van der Waals surface area contributed by atoms with Crippen LogP contribution in [0.1, 0.15) is 0 Å². The zero-order chi connectivity index (χ0) is 10.7. The SMILES string of the molecule is C=C/C=c1/cnn(-c2ccccc2)c1=C. The van der Waals surface area contributed by atoms with Crippen molar-refractivity contribution >= 4 is 12.7 Å². The van der Waals surface area contributed by atoms with Crippen LogP contribution in [0.25, 0.3) is 18.3 Å². The lowest BCUT2D eigenvalue weighted by Crippen LogP contribution is -2.26. The summed E-state index contributed by atoms with van der Waals surface area (Å²) in [6.45, 7) is 7.66. The minimum atomic E-state index is 0.876. The second-order valence-electron chi connectivity index (χ2n) is 3.20. The van der Waals surface area contributed by atoms with Gasteiger partial charge in [0.2, 0.25) is 0 Å². The zero-order valence-electron chi connectivity index (χ0n) is 8.43. The van der Waals surface area contributed by atoms with Crippen molar-refractivity contribution in [2.45, 2.75) is 0 Å². The minimum Gasteiger partial charge on any atom is -0.234 e. The van der Waals surface area contributed by atoms with Gasteiger partial charge in [-0.1, -0.05) is 43.5 Å². The van der Waals surface area contributed by atoms with Gasteiger partial charge in [0.05, 0.1) is 17.2 Å². The summed E-state index contributed by atoms with van der Waals surface area (Å²) in [5.41, 5.74) is 1.02. The predicted octanol–water partition coefficient (Wildman–Crippen LogP) is 1.25. The highest BCUT2D eigenvalue weighted by atomic mass is 15.3. The first-order valence-corrected chi connectivity index (χ1v) is 4.74. The van der Waals surface area contributed by atoms with E-state index in [4.69, 9.17) is 0 Å². The first kappa shape index (κ1) is 9.46. The normalized spacial score (nSPS) is 11.6. The maximum atomic E-state index is 4.28. The van der Waals surface area contributed by atoms with Crippen molar-refractivity contribution < 1.29 is 0 Å². The van der Waals surface area contributed by atoms with Gasteiger partial charge in [0.25, 0.3) is 0 Å². The van der Waals surface area contributed by atoms with E-state index in [-0.39, 0.29) is 0 Å². The second kappa shape index (κ2) is 3.96. The number of para-hydroxylation sites is 1. The molecule has 0 amide bonds. The van der Waals surface area contributed by atoms with Crippen LogP contribution in [0.5, 0.6) is 0 Å². The van der Waals surface area contributed by atoms with Gasteiger partial charge in [-0.15, -0.1) is 0 Å². The molecule has 0 saturated carbocycles. The summed E-state index contributed by atoms with van der Waals surface area (Å²) >= 11 is 0. The van der Waals surface area contributed by atoms with Crippen molar-refractivity contribution in [3.8, 4) is 5.69 Å². The minimum absolute atomic E-state index is 0.876. The summed E-state index contributed by atoms with van der Waals surface area (Å²) < 4.78 is 1.81. The number of hydrogen-bond donors (Lipinski definition) is 0. The molecule has 0 fully saturated rings. The topological polar surface area (TPSA) is 17.8 Å². The van der Waals surface area contributed by atoms with Crippen LogP contribution < -0.4 is 10.6 Å². The molecule has 0 unspecified atom stereocenters. The quantitative estimate of drug-likeness (QED) is 0.707. The van der Waals surface area contributed by atoms with Crippen molar-refractivity contribution in [3.63, 3.8) is 0 Å². The highest BCUT2D eigenvalue weighted by molar-refractivity contribution is 5.37. The fourth-order valence-electron chi connectivity index (χ4n) is 1.44. The van der Waals surface area contributed by atoms with E-state index in [9.17, 15) is 0 Å². The molecule has 0 aliphatic carbocycles. The second-order valence-corrected chi connectivity index (χ2v) is 3.20. The average Bonchev–Trinajstić information content (AvgIpc) is 2.63. The lowest BCUT2D eigenvalue weighted by Gasteiger charge is -1.99. The van der Waals surface area contributed by atoms with Crippen LogP contribution in [-0.4, -0.2) is 9.78 Å². The van der Waals surface area contributed by atoms with Gasteiger partial charge < -0.3 is 0 Å². The third-order valence-electron chi connectivity index (χ3n) is 2.20. The van der Waals surface area contributed by atoms with Crippen LogP contribution in [0.15, 0.2) is 49.2 Å². The Morgan fingerprint density at radius 1 is 1.20 bits per heavy atom. The van der Waals surface area contributed by atoms with E-state index in [1.807, 2.05) is 41.1 Å². The molecule has 1 aromatic carbocycles. The molecule has 0 radical (unpaired) electrons. The zero-order valence-corrected chi connectivity index (χ0v) is 8.43. The van der Waals surface area contributed by atoms with Crippen molar-refractivity contribution in [1.29, 1.82) is 0 Å². The third-order valence-corrected chi connectivity index (χ3v) is 2.20. The molecule has 15 heavy (non-hydrogen) atoms. The van der Waals surface area contributed by atoms with Crippen LogP contribution in [0.4, 0.5) is 0 Å². The lowest BCUT2D eigenvalue weighted by molar-refractivity contribution is 0.855. The summed E-state index contributed by atoms with van der Waals surface area (Å²) in [5, 5.41) is 6.15. The van der Waals surface area contributed by atoms with Crippen LogP contribution in [0, 0.1) is 0 Å². The van der Waals surface area contributed by atoms with Gasteiger partial charge in [-0.2, -0.15) is 5.10 Å². The van der Waals surface area contributed by atoms with Gasteiger partial charge >= 0.3 is 0 Å². The van der Waals surface area contributed by atoms with Gasteiger partial charge in [0, 0.05) is 5.22 Å². The molecule has 0 saturated heterocycles. The summed E-state index contributed by atoms with van der Waals surface area (Å²) in [7, 11) is 0. The monoisotopic (exact) mass is 196 g/mol. The van der Waals surface area contributed by atoms with Gasteiger partial charge in [-0.05, 0) is 12.1 Å². The van der Waals surface area contributed by atoms with Crippen molar-refractivity contribution in [1.82, 2.24) is 9.78 Å². The largest absolute Gasteiger partial charge is 0.234 e. The van der Waals surface area contributed by atoms with E-state index in [1.165, 1.54) is 0 Å². The maximum absolute atomic E-state index is 4.28. The Morgan fingerprint density at radius 2 is 1.93 bits per heavy atom. The molecule has 0 aliphatic heterocycles. The summed E-state index contributed by atoms with van der Waals surface area (Å²) in [6.07, 6.45) is 5.42. The van der Waals surface area contributed by atoms with E-state index in [0.717, 1.165) is 16.3 Å². The molecule has 0 atom stereocenters. The molecule has 0 spiro atoms. The number of nitrogens with zero attached hydrogens (tertiary/aromatic N) is 2. The van der Waals surface area contributed by atoms with Crippen molar-refractivity contribution in [3.05, 3.63) is 59.8 Å². The number of hydrogen-bond acceptors (Lipinski definition) is 1. The molecule has 2 heteroatoms. The first-order chi connectivity index (χ1) is 7.33. The summed E-state index contributed by atoms with van der Waals surface area (Å²) in [6, 6.07) is 9.94. The molecule has 2 aromatic rings. The Balaban J connectivity index is 2.62. The molecule has 2 rings (SSSR count). The molecular weight excluding hydrogens is 184 g/mol. The predicted molar refractivity (Wildman–Crippen MR) is 63.0 cm³/mol. The van der Waals surface area contributed by atoms with Gasteiger partial charge in [0.15, 0.2) is 0 Å². The highest BCUT2D eigenvalue weighted by Crippen LogP contribution is 1.99. The smallest absolute Gasteiger partial charge is 0.0669 e. The van der Waals surface area contributed by atoms with E-state index < -0.39 is 0 Å². The van der Waals surface area contributed by atoms with Crippen LogP contribution in [-0.2, 0) is 0 Å². The Labute approximate surface area is 88.5 Å². The molecule has 1 heterocycles. The lowest BCUT2D eigenvalue weighted by atomic mass is 10.3. The Kier molecular flexibility index (Phi) is 2.50. The standard InChI is InChI=1S/C13H12N2/c1-3-7-12-10-14-15(11(12)2)13-8-5-4-6-9-13/h3-10H,1-2H2/b12-7-. The fourth-order valence-corrected chi connectivity index (χ4v) is 1.44. The third kappa shape index (κ3) is 1.74.